The maximum absolute atomic E-state index is 12.3. The van der Waals surface area contributed by atoms with E-state index in [4.69, 9.17) is 0 Å². The minimum Gasteiger partial charge on any atom is -0.364 e. The van der Waals surface area contributed by atoms with Crippen LogP contribution in [0.2, 0.25) is 0 Å². The Hall–Kier alpha value is -0.910. The van der Waals surface area contributed by atoms with Crippen LogP contribution in [0, 0.1) is 0 Å². The predicted octanol–water partition coefficient (Wildman–Crippen LogP) is 2.42. The van der Waals surface area contributed by atoms with Crippen molar-refractivity contribution in [3.8, 4) is 0 Å². The Morgan fingerprint density at radius 2 is 1.89 bits per heavy atom. The third-order valence-electron chi connectivity index (χ3n) is 3.99. The number of amides is 1. The zero-order valence-electron chi connectivity index (χ0n) is 10.7. The molecule has 1 unspecified atom stereocenters. The van der Waals surface area contributed by atoms with Crippen LogP contribution in [0.1, 0.15) is 31.2 Å². The molecule has 0 spiro atoms. The van der Waals surface area contributed by atoms with Crippen molar-refractivity contribution < 1.29 is 9.90 Å². The van der Waals surface area contributed by atoms with Gasteiger partial charge in [0.1, 0.15) is 0 Å². The molecule has 1 fully saturated rings. The SMILES string of the molecule is O=C1Nc2ccc(Br)cc2C1(O)N1CCCCCC1. The molecule has 0 saturated carbocycles. The molecule has 2 aliphatic heterocycles. The van der Waals surface area contributed by atoms with Gasteiger partial charge in [-0.3, -0.25) is 9.69 Å². The molecular formula is C14H17BrN2O2. The highest BCUT2D eigenvalue weighted by molar-refractivity contribution is 9.10. The van der Waals surface area contributed by atoms with Gasteiger partial charge in [0.15, 0.2) is 0 Å². The van der Waals surface area contributed by atoms with E-state index in [1.807, 2.05) is 23.1 Å². The van der Waals surface area contributed by atoms with Gasteiger partial charge in [-0.05, 0) is 31.0 Å². The third kappa shape index (κ3) is 2.10. The lowest BCUT2D eigenvalue weighted by Gasteiger charge is -2.34. The molecule has 1 atom stereocenters. The molecule has 4 nitrogen and oxygen atoms in total. The maximum atomic E-state index is 12.3. The van der Waals surface area contributed by atoms with Gasteiger partial charge in [-0.25, -0.2) is 0 Å². The molecule has 102 valence electrons. The third-order valence-corrected chi connectivity index (χ3v) is 4.48. The quantitative estimate of drug-likeness (QED) is 0.834. The van der Waals surface area contributed by atoms with Gasteiger partial charge < -0.3 is 10.4 Å². The first-order chi connectivity index (χ1) is 9.12. The second kappa shape index (κ2) is 4.89. The number of fused-ring (bicyclic) bond motifs is 1. The second-order valence-corrected chi connectivity index (χ2v) is 6.13. The molecule has 5 heteroatoms. The number of anilines is 1. The molecule has 3 rings (SSSR count). The molecule has 2 N–H and O–H groups in total. The molecule has 1 amide bonds. The van der Waals surface area contributed by atoms with Crippen molar-refractivity contribution in [1.29, 1.82) is 0 Å². The first-order valence-electron chi connectivity index (χ1n) is 6.71. The molecule has 0 aromatic heterocycles. The number of carbonyl (C=O) groups excluding carboxylic acids is 1. The van der Waals surface area contributed by atoms with Crippen molar-refractivity contribution in [1.82, 2.24) is 4.90 Å². The fourth-order valence-corrected chi connectivity index (χ4v) is 3.31. The lowest BCUT2D eigenvalue weighted by Crippen LogP contribution is -2.51. The summed E-state index contributed by atoms with van der Waals surface area (Å²) in [5.74, 6) is -0.331. The molecular weight excluding hydrogens is 308 g/mol. The Morgan fingerprint density at radius 1 is 1.21 bits per heavy atom. The highest BCUT2D eigenvalue weighted by Crippen LogP contribution is 2.40. The zero-order valence-corrected chi connectivity index (χ0v) is 12.2. The largest absolute Gasteiger partial charge is 0.364 e. The average Bonchev–Trinajstić information content (AvgIpc) is 2.63. The van der Waals surface area contributed by atoms with Crippen LogP contribution in [0.15, 0.2) is 22.7 Å². The van der Waals surface area contributed by atoms with Crippen LogP contribution in [-0.4, -0.2) is 29.0 Å². The van der Waals surface area contributed by atoms with Crippen LogP contribution in [-0.2, 0) is 10.5 Å². The standard InChI is InChI=1S/C14H17BrN2O2/c15-10-5-6-12-11(9-10)14(19,13(18)16-12)17-7-3-1-2-4-8-17/h5-6,9,19H,1-4,7-8H2,(H,16,18). The number of aliphatic hydroxyl groups is 1. The van der Waals surface area contributed by atoms with Crippen molar-refractivity contribution >= 4 is 27.5 Å². The summed E-state index contributed by atoms with van der Waals surface area (Å²) in [6.45, 7) is 1.52. The van der Waals surface area contributed by atoms with E-state index in [1.165, 1.54) is 12.8 Å². The number of halogens is 1. The molecule has 1 saturated heterocycles. The van der Waals surface area contributed by atoms with Crippen molar-refractivity contribution in [3.63, 3.8) is 0 Å². The van der Waals surface area contributed by atoms with Crippen LogP contribution in [0.5, 0.6) is 0 Å². The summed E-state index contributed by atoms with van der Waals surface area (Å²) in [6, 6.07) is 5.53. The van der Waals surface area contributed by atoms with Crippen LogP contribution in [0.25, 0.3) is 0 Å². The molecule has 0 bridgehead atoms. The Balaban J connectivity index is 2.02. The topological polar surface area (TPSA) is 52.6 Å². The Bertz CT molecular complexity index is 512. The van der Waals surface area contributed by atoms with E-state index in [2.05, 4.69) is 21.2 Å². The summed E-state index contributed by atoms with van der Waals surface area (Å²) in [7, 11) is 0. The predicted molar refractivity (Wildman–Crippen MR) is 76.7 cm³/mol. The summed E-state index contributed by atoms with van der Waals surface area (Å²) in [5.41, 5.74) is -0.141. The number of nitrogens with zero attached hydrogens (tertiary/aromatic N) is 1. The van der Waals surface area contributed by atoms with Gasteiger partial charge in [-0.15, -0.1) is 0 Å². The summed E-state index contributed by atoms with van der Waals surface area (Å²) < 4.78 is 0.871. The van der Waals surface area contributed by atoms with Gasteiger partial charge in [-0.2, -0.15) is 0 Å². The zero-order chi connectivity index (χ0) is 13.5. The molecule has 19 heavy (non-hydrogen) atoms. The van der Waals surface area contributed by atoms with Crippen molar-refractivity contribution in [2.75, 3.05) is 18.4 Å². The van der Waals surface area contributed by atoms with Crippen molar-refractivity contribution in [2.45, 2.75) is 31.4 Å². The van der Waals surface area contributed by atoms with Crippen LogP contribution >= 0.6 is 15.9 Å². The Labute approximate surface area is 120 Å². The molecule has 2 heterocycles. The van der Waals surface area contributed by atoms with E-state index in [9.17, 15) is 9.90 Å². The monoisotopic (exact) mass is 324 g/mol. The van der Waals surface area contributed by atoms with E-state index in [0.717, 1.165) is 30.4 Å². The first kappa shape index (κ1) is 13.1. The van der Waals surface area contributed by atoms with Gasteiger partial charge >= 0.3 is 0 Å². The van der Waals surface area contributed by atoms with Crippen LogP contribution in [0.3, 0.4) is 0 Å². The molecule has 1 aromatic carbocycles. The average molecular weight is 325 g/mol. The second-order valence-electron chi connectivity index (χ2n) is 5.22. The molecule has 1 aromatic rings. The van der Waals surface area contributed by atoms with Crippen molar-refractivity contribution in [3.05, 3.63) is 28.2 Å². The summed E-state index contributed by atoms with van der Waals surface area (Å²) in [5, 5.41) is 13.8. The van der Waals surface area contributed by atoms with Crippen molar-refractivity contribution in [2.24, 2.45) is 0 Å². The van der Waals surface area contributed by atoms with Crippen LogP contribution < -0.4 is 5.32 Å². The van der Waals surface area contributed by atoms with E-state index in [1.54, 1.807) is 0 Å². The highest BCUT2D eigenvalue weighted by atomic mass is 79.9. The number of likely N-dealkylation sites (tertiary alicyclic amines) is 1. The molecule has 2 aliphatic rings. The first-order valence-corrected chi connectivity index (χ1v) is 7.50. The number of hydrogen-bond acceptors (Lipinski definition) is 3. The van der Waals surface area contributed by atoms with E-state index in [0.29, 0.717) is 11.3 Å². The lowest BCUT2D eigenvalue weighted by atomic mass is 10.0. The number of nitrogens with one attached hydrogen (secondary N) is 1. The fraction of sp³-hybridized carbons (Fsp3) is 0.500. The van der Waals surface area contributed by atoms with Gasteiger partial charge in [0.05, 0.1) is 0 Å². The number of carbonyl (C=O) groups is 1. The number of benzene rings is 1. The van der Waals surface area contributed by atoms with Gasteiger partial charge in [0, 0.05) is 28.8 Å². The number of hydrogen-bond donors (Lipinski definition) is 2. The Morgan fingerprint density at radius 3 is 2.58 bits per heavy atom. The maximum Gasteiger partial charge on any atom is 0.276 e. The van der Waals surface area contributed by atoms with E-state index in [-0.39, 0.29) is 5.91 Å². The Kier molecular flexibility index (Phi) is 3.37. The summed E-state index contributed by atoms with van der Waals surface area (Å²) in [4.78, 5) is 14.2. The minimum atomic E-state index is -1.51. The number of rotatable bonds is 1. The molecule has 0 aliphatic carbocycles. The normalized spacial score (nSPS) is 27.8. The smallest absolute Gasteiger partial charge is 0.276 e. The van der Waals surface area contributed by atoms with E-state index >= 15 is 0 Å². The fourth-order valence-electron chi connectivity index (χ4n) is 2.95. The summed E-state index contributed by atoms with van der Waals surface area (Å²) >= 11 is 3.41. The highest BCUT2D eigenvalue weighted by Gasteiger charge is 2.49. The van der Waals surface area contributed by atoms with Crippen LogP contribution in [0.4, 0.5) is 5.69 Å². The van der Waals surface area contributed by atoms with E-state index < -0.39 is 5.72 Å². The summed E-state index contributed by atoms with van der Waals surface area (Å²) in [6.07, 6.45) is 4.39. The minimum absolute atomic E-state index is 0.331. The van der Waals surface area contributed by atoms with Gasteiger partial charge in [0.25, 0.3) is 5.91 Å². The lowest BCUT2D eigenvalue weighted by molar-refractivity contribution is -0.158. The van der Waals surface area contributed by atoms with Gasteiger partial charge in [-0.1, -0.05) is 28.8 Å². The van der Waals surface area contributed by atoms with Gasteiger partial charge in [0.2, 0.25) is 5.72 Å². The molecule has 0 radical (unpaired) electrons.